The van der Waals surface area contributed by atoms with E-state index in [4.69, 9.17) is 14.8 Å². The summed E-state index contributed by atoms with van der Waals surface area (Å²) in [6.45, 7) is 0. The molecule has 0 aliphatic rings. The van der Waals surface area contributed by atoms with Crippen molar-refractivity contribution in [2.45, 2.75) is 4.90 Å². The summed E-state index contributed by atoms with van der Waals surface area (Å²) in [6, 6.07) is 5.29. The van der Waals surface area contributed by atoms with Crippen LogP contribution in [0.2, 0.25) is 0 Å². The van der Waals surface area contributed by atoms with E-state index in [0.717, 1.165) is 30.3 Å². The molecule has 2 aromatic carbocycles. The van der Waals surface area contributed by atoms with Crippen LogP contribution in [0.15, 0.2) is 35.2 Å². The Balaban J connectivity index is 0.00000220. The van der Waals surface area contributed by atoms with E-state index in [2.05, 4.69) is 0 Å². The Kier molecular flexibility index (Phi) is 5.13. The first kappa shape index (κ1) is 17.6. The third-order valence-electron chi connectivity index (χ3n) is 2.75. The van der Waals surface area contributed by atoms with Gasteiger partial charge in [0, 0.05) is 29.6 Å². The Morgan fingerprint density at radius 3 is 1.76 bits per heavy atom. The predicted octanol–water partition coefficient (Wildman–Crippen LogP) is 1.10. The molecule has 0 aromatic heterocycles. The molecule has 0 bridgehead atoms. The van der Waals surface area contributed by atoms with Crippen LogP contribution in [0.3, 0.4) is 0 Å². The van der Waals surface area contributed by atoms with Gasteiger partial charge in [0.25, 0.3) is 10.1 Å². The van der Waals surface area contributed by atoms with Gasteiger partial charge in [-0.05, 0) is 35.0 Å². The second-order valence-corrected chi connectivity index (χ2v) is 5.37. The van der Waals surface area contributed by atoms with Crippen LogP contribution in [0.1, 0.15) is 20.7 Å². The van der Waals surface area contributed by atoms with Crippen molar-refractivity contribution in [1.82, 2.24) is 0 Å². The predicted molar refractivity (Wildman–Crippen MR) is 73.4 cm³/mol. The molecule has 0 aliphatic heterocycles. The van der Waals surface area contributed by atoms with E-state index in [1.54, 1.807) is 0 Å². The SMILES string of the molecule is O=C(O)c1ccc(C(=O)O)c2cc(S(=O)(=O)O)ccc12.[Na]. The van der Waals surface area contributed by atoms with E-state index >= 15 is 0 Å². The second-order valence-electron chi connectivity index (χ2n) is 3.95. The van der Waals surface area contributed by atoms with Crippen molar-refractivity contribution in [3.05, 3.63) is 41.5 Å². The van der Waals surface area contributed by atoms with Gasteiger partial charge in [0.2, 0.25) is 0 Å². The van der Waals surface area contributed by atoms with Gasteiger partial charge in [-0.2, -0.15) is 8.42 Å². The van der Waals surface area contributed by atoms with Gasteiger partial charge in [0.05, 0.1) is 16.0 Å². The number of carboxylic acid groups (broad SMARTS) is 2. The molecule has 0 heterocycles. The summed E-state index contributed by atoms with van der Waals surface area (Å²) in [4.78, 5) is 21.7. The number of hydrogen-bond acceptors (Lipinski definition) is 4. The first-order valence-electron chi connectivity index (χ1n) is 5.22. The zero-order valence-electron chi connectivity index (χ0n) is 10.8. The van der Waals surface area contributed by atoms with Crippen molar-refractivity contribution < 1.29 is 32.8 Å². The second kappa shape index (κ2) is 6.12. The van der Waals surface area contributed by atoms with E-state index in [1.165, 1.54) is 0 Å². The molecule has 0 aliphatic carbocycles. The average molecular weight is 319 g/mol. The van der Waals surface area contributed by atoms with E-state index in [-0.39, 0.29) is 51.5 Å². The van der Waals surface area contributed by atoms with Gasteiger partial charge in [-0.1, -0.05) is 6.07 Å². The molecule has 0 saturated carbocycles. The van der Waals surface area contributed by atoms with Crippen LogP contribution in [-0.2, 0) is 10.1 Å². The molecule has 2 rings (SSSR count). The number of hydrogen-bond donors (Lipinski definition) is 3. The Bertz CT molecular complexity index is 842. The van der Waals surface area contributed by atoms with Gasteiger partial charge in [-0.25, -0.2) is 9.59 Å². The summed E-state index contributed by atoms with van der Waals surface area (Å²) in [5, 5.41) is 18.1. The Morgan fingerprint density at radius 1 is 0.857 bits per heavy atom. The summed E-state index contributed by atoms with van der Waals surface area (Å²) in [5.74, 6) is -2.61. The first-order chi connectivity index (χ1) is 9.21. The van der Waals surface area contributed by atoms with Gasteiger partial charge in [0.1, 0.15) is 0 Å². The quantitative estimate of drug-likeness (QED) is 0.570. The minimum Gasteiger partial charge on any atom is -0.478 e. The largest absolute Gasteiger partial charge is 0.478 e. The third-order valence-corrected chi connectivity index (χ3v) is 3.60. The monoisotopic (exact) mass is 319 g/mol. The summed E-state index contributed by atoms with van der Waals surface area (Å²) >= 11 is 0. The van der Waals surface area contributed by atoms with Crippen LogP contribution < -0.4 is 0 Å². The smallest absolute Gasteiger partial charge is 0.336 e. The molecule has 3 N–H and O–H groups in total. The van der Waals surface area contributed by atoms with Gasteiger partial charge in [-0.15, -0.1) is 0 Å². The zero-order chi connectivity index (χ0) is 15.1. The molecular formula is C12H8NaO7S. The van der Waals surface area contributed by atoms with Crippen LogP contribution >= 0.6 is 0 Å². The fraction of sp³-hybridized carbons (Fsp3) is 0. The number of benzene rings is 2. The number of fused-ring (bicyclic) bond motifs is 1. The molecule has 7 nitrogen and oxygen atoms in total. The number of rotatable bonds is 3. The summed E-state index contributed by atoms with van der Waals surface area (Å²) in [7, 11) is -4.51. The van der Waals surface area contributed by atoms with Crippen molar-refractivity contribution >= 4 is 62.4 Å². The minimum atomic E-state index is -4.51. The van der Waals surface area contributed by atoms with E-state index in [0.29, 0.717) is 0 Å². The Hall–Kier alpha value is -1.45. The zero-order valence-corrected chi connectivity index (χ0v) is 13.6. The topological polar surface area (TPSA) is 129 Å². The average Bonchev–Trinajstić information content (AvgIpc) is 2.35. The third kappa shape index (κ3) is 3.42. The fourth-order valence-electron chi connectivity index (χ4n) is 1.86. The summed E-state index contributed by atoms with van der Waals surface area (Å²) < 4.78 is 31.1. The van der Waals surface area contributed by atoms with Crippen molar-refractivity contribution in [3.63, 3.8) is 0 Å². The molecule has 0 atom stereocenters. The normalized spacial score (nSPS) is 10.9. The molecule has 1 radical (unpaired) electrons. The van der Waals surface area contributed by atoms with E-state index in [1.807, 2.05) is 0 Å². The molecule has 21 heavy (non-hydrogen) atoms. The van der Waals surface area contributed by atoms with Gasteiger partial charge < -0.3 is 10.2 Å². The van der Waals surface area contributed by atoms with Gasteiger partial charge in [-0.3, -0.25) is 4.55 Å². The van der Waals surface area contributed by atoms with Crippen molar-refractivity contribution in [2.24, 2.45) is 0 Å². The first-order valence-corrected chi connectivity index (χ1v) is 6.66. The van der Waals surface area contributed by atoms with Gasteiger partial charge >= 0.3 is 11.9 Å². The number of carboxylic acids is 2. The van der Waals surface area contributed by atoms with E-state index in [9.17, 15) is 18.0 Å². The maximum absolute atomic E-state index is 11.1. The van der Waals surface area contributed by atoms with E-state index < -0.39 is 27.0 Å². The summed E-state index contributed by atoms with van der Waals surface area (Å²) in [6.07, 6.45) is 0. The molecule has 0 unspecified atom stereocenters. The van der Waals surface area contributed by atoms with Crippen molar-refractivity contribution in [3.8, 4) is 0 Å². The van der Waals surface area contributed by atoms with Crippen LogP contribution in [0.4, 0.5) is 0 Å². The molecule has 105 valence electrons. The fourth-order valence-corrected chi connectivity index (χ4v) is 2.37. The molecule has 9 heteroatoms. The standard InChI is InChI=1S/C12H8O7S.Na/c13-11(14)8-3-4-9(12(15)16)10-5-6(20(17,18)19)1-2-7(8)10;/h1-5H,(H,13,14)(H,15,16)(H,17,18,19);. The van der Waals surface area contributed by atoms with Crippen LogP contribution in [0.25, 0.3) is 10.8 Å². The maximum atomic E-state index is 11.1. The number of aromatic carboxylic acids is 2. The molecule has 0 amide bonds. The van der Waals surface area contributed by atoms with Crippen molar-refractivity contribution in [1.29, 1.82) is 0 Å². The van der Waals surface area contributed by atoms with Crippen LogP contribution in [0, 0.1) is 0 Å². The number of carbonyl (C=O) groups is 2. The van der Waals surface area contributed by atoms with Gasteiger partial charge in [0.15, 0.2) is 0 Å². The van der Waals surface area contributed by atoms with Crippen LogP contribution in [0.5, 0.6) is 0 Å². The maximum Gasteiger partial charge on any atom is 0.336 e. The molecule has 2 aromatic rings. The van der Waals surface area contributed by atoms with Crippen molar-refractivity contribution in [2.75, 3.05) is 0 Å². The molecule has 0 fully saturated rings. The molecule has 0 saturated heterocycles. The summed E-state index contributed by atoms with van der Waals surface area (Å²) in [5.41, 5.74) is -0.414. The Morgan fingerprint density at radius 2 is 1.33 bits per heavy atom. The minimum absolute atomic E-state index is 0. The Labute approximate surface area is 141 Å². The molecule has 0 spiro atoms. The molecular weight excluding hydrogens is 311 g/mol. The van der Waals surface area contributed by atoms with Crippen LogP contribution in [-0.4, -0.2) is 64.7 Å².